The Labute approximate surface area is 91.8 Å². The number of carboxylic acid groups (broad SMARTS) is 1. The number of nitrogens with two attached hydrogens (primary N) is 1. The molecule has 0 bridgehead atoms. The van der Waals surface area contributed by atoms with Crippen LogP contribution in [-0.4, -0.2) is 23.2 Å². The topological polar surface area (TPSA) is 88.3 Å². The highest BCUT2D eigenvalue weighted by atomic mass is 16.5. The zero-order valence-electron chi connectivity index (χ0n) is 8.78. The normalized spacial score (nSPS) is 10.6. The smallest absolute Gasteiger partial charge is 0.309 e. The highest BCUT2D eigenvalue weighted by molar-refractivity contribution is 5.90. The van der Waals surface area contributed by atoms with Gasteiger partial charge in [0.05, 0.1) is 19.0 Å². The molecule has 1 aromatic carbocycles. The summed E-state index contributed by atoms with van der Waals surface area (Å²) in [6.07, 6.45) is -0.0439. The van der Waals surface area contributed by atoms with Gasteiger partial charge in [-0.2, -0.15) is 0 Å². The average molecular weight is 220 g/mol. The van der Waals surface area contributed by atoms with Crippen LogP contribution in [0.25, 0.3) is 10.9 Å². The molecule has 0 radical (unpaired) electrons. The molecule has 0 fully saturated rings. The van der Waals surface area contributed by atoms with Crippen molar-refractivity contribution in [3.63, 3.8) is 0 Å². The zero-order valence-corrected chi connectivity index (χ0v) is 8.78. The largest absolute Gasteiger partial charge is 0.496 e. The first-order valence-electron chi connectivity index (χ1n) is 4.77. The van der Waals surface area contributed by atoms with Crippen LogP contribution in [0.3, 0.4) is 0 Å². The van der Waals surface area contributed by atoms with E-state index in [4.69, 9.17) is 15.6 Å². The van der Waals surface area contributed by atoms with Crippen molar-refractivity contribution >= 4 is 22.6 Å². The summed E-state index contributed by atoms with van der Waals surface area (Å²) in [6, 6.07) is 5.23. The molecule has 2 rings (SSSR count). The Morgan fingerprint density at radius 2 is 2.25 bits per heavy atom. The zero-order chi connectivity index (χ0) is 11.7. The molecule has 0 atom stereocenters. The molecular weight excluding hydrogens is 208 g/mol. The van der Waals surface area contributed by atoms with E-state index in [-0.39, 0.29) is 6.42 Å². The second kappa shape index (κ2) is 3.77. The van der Waals surface area contributed by atoms with E-state index in [1.54, 1.807) is 25.3 Å². The fraction of sp³-hybridized carbons (Fsp3) is 0.182. The molecular formula is C11H12N2O3. The number of anilines is 1. The van der Waals surface area contributed by atoms with Gasteiger partial charge in [0.2, 0.25) is 0 Å². The third kappa shape index (κ3) is 1.79. The van der Waals surface area contributed by atoms with Crippen molar-refractivity contribution < 1.29 is 14.6 Å². The van der Waals surface area contributed by atoms with Gasteiger partial charge in [0.25, 0.3) is 0 Å². The molecule has 0 amide bonds. The van der Waals surface area contributed by atoms with E-state index in [1.165, 1.54) is 0 Å². The number of ether oxygens (including phenoxy) is 1. The number of carboxylic acids is 1. The van der Waals surface area contributed by atoms with Crippen molar-refractivity contribution in [2.45, 2.75) is 6.42 Å². The van der Waals surface area contributed by atoms with Gasteiger partial charge in [0, 0.05) is 22.8 Å². The van der Waals surface area contributed by atoms with Crippen molar-refractivity contribution in [1.29, 1.82) is 0 Å². The van der Waals surface area contributed by atoms with Gasteiger partial charge < -0.3 is 20.6 Å². The van der Waals surface area contributed by atoms with Gasteiger partial charge in [-0.1, -0.05) is 0 Å². The Morgan fingerprint density at radius 3 is 2.88 bits per heavy atom. The van der Waals surface area contributed by atoms with Crippen LogP contribution < -0.4 is 10.5 Å². The molecule has 2 aromatic rings. The van der Waals surface area contributed by atoms with Crippen LogP contribution in [0.2, 0.25) is 0 Å². The standard InChI is InChI=1S/C11H12N2O3/c1-16-10-3-6(12)2-9-8(10)4-7(13-9)5-11(14)15/h2-4,13H,5,12H2,1H3,(H,14,15). The van der Waals surface area contributed by atoms with Crippen LogP contribution in [-0.2, 0) is 11.2 Å². The number of benzene rings is 1. The monoisotopic (exact) mass is 220 g/mol. The Hall–Kier alpha value is -2.17. The predicted molar refractivity (Wildman–Crippen MR) is 60.6 cm³/mol. The number of aliphatic carboxylic acids is 1. The summed E-state index contributed by atoms with van der Waals surface area (Å²) in [5.41, 5.74) is 7.69. The third-order valence-electron chi connectivity index (χ3n) is 2.34. The number of hydrogen-bond acceptors (Lipinski definition) is 3. The van der Waals surface area contributed by atoms with Crippen LogP contribution >= 0.6 is 0 Å². The van der Waals surface area contributed by atoms with Crippen LogP contribution in [0, 0.1) is 0 Å². The lowest BCUT2D eigenvalue weighted by atomic mass is 10.2. The molecule has 1 heterocycles. The lowest BCUT2D eigenvalue weighted by Gasteiger charge is -2.02. The Kier molecular flexibility index (Phi) is 2.44. The van der Waals surface area contributed by atoms with Crippen LogP contribution in [0.15, 0.2) is 18.2 Å². The second-order valence-electron chi connectivity index (χ2n) is 3.55. The highest BCUT2D eigenvalue weighted by Crippen LogP contribution is 2.29. The first-order valence-corrected chi connectivity index (χ1v) is 4.77. The third-order valence-corrected chi connectivity index (χ3v) is 2.34. The Morgan fingerprint density at radius 1 is 1.50 bits per heavy atom. The van der Waals surface area contributed by atoms with E-state index in [2.05, 4.69) is 4.98 Å². The number of methoxy groups -OCH3 is 1. The molecule has 0 aliphatic heterocycles. The number of H-pyrrole nitrogens is 1. The summed E-state index contributed by atoms with van der Waals surface area (Å²) in [5, 5.41) is 9.54. The number of nitrogens with one attached hydrogen (secondary N) is 1. The number of nitrogen functional groups attached to an aromatic ring is 1. The van der Waals surface area contributed by atoms with Crippen LogP contribution in [0.1, 0.15) is 5.69 Å². The molecule has 4 N–H and O–H groups in total. The molecule has 5 heteroatoms. The quantitative estimate of drug-likeness (QED) is 0.682. The summed E-state index contributed by atoms with van der Waals surface area (Å²) >= 11 is 0. The lowest BCUT2D eigenvalue weighted by molar-refractivity contribution is -0.136. The maximum absolute atomic E-state index is 10.6. The maximum Gasteiger partial charge on any atom is 0.309 e. The van der Waals surface area contributed by atoms with E-state index in [9.17, 15) is 4.79 Å². The van der Waals surface area contributed by atoms with E-state index in [0.717, 1.165) is 10.9 Å². The predicted octanol–water partition coefficient (Wildman–Crippen LogP) is 1.39. The minimum Gasteiger partial charge on any atom is -0.496 e. The molecule has 16 heavy (non-hydrogen) atoms. The molecule has 1 aromatic heterocycles. The number of carbonyl (C=O) groups is 1. The van der Waals surface area contributed by atoms with Crippen molar-refractivity contribution in [3.8, 4) is 5.75 Å². The maximum atomic E-state index is 10.6. The summed E-state index contributed by atoms with van der Waals surface area (Å²) in [7, 11) is 1.55. The second-order valence-corrected chi connectivity index (χ2v) is 3.55. The van der Waals surface area contributed by atoms with Gasteiger partial charge in [-0.3, -0.25) is 4.79 Å². The fourth-order valence-corrected chi connectivity index (χ4v) is 1.71. The van der Waals surface area contributed by atoms with Gasteiger partial charge in [-0.25, -0.2) is 0 Å². The number of aromatic nitrogens is 1. The van der Waals surface area contributed by atoms with E-state index >= 15 is 0 Å². The lowest BCUT2D eigenvalue weighted by Crippen LogP contribution is -1.99. The highest BCUT2D eigenvalue weighted by Gasteiger charge is 2.09. The molecule has 0 aliphatic rings. The van der Waals surface area contributed by atoms with E-state index < -0.39 is 5.97 Å². The number of aromatic amines is 1. The fourth-order valence-electron chi connectivity index (χ4n) is 1.71. The molecule has 5 nitrogen and oxygen atoms in total. The summed E-state index contributed by atoms with van der Waals surface area (Å²) in [4.78, 5) is 13.6. The average Bonchev–Trinajstić information content (AvgIpc) is 2.57. The van der Waals surface area contributed by atoms with E-state index in [0.29, 0.717) is 17.1 Å². The van der Waals surface area contributed by atoms with Gasteiger partial charge in [-0.05, 0) is 12.1 Å². The molecule has 0 saturated carbocycles. The minimum absolute atomic E-state index is 0.0439. The van der Waals surface area contributed by atoms with E-state index in [1.807, 2.05) is 0 Å². The first-order chi connectivity index (χ1) is 7.60. The van der Waals surface area contributed by atoms with Crippen LogP contribution in [0.5, 0.6) is 5.75 Å². The van der Waals surface area contributed by atoms with Crippen LogP contribution in [0.4, 0.5) is 5.69 Å². The number of rotatable bonds is 3. The molecule has 0 saturated heterocycles. The van der Waals surface area contributed by atoms with Gasteiger partial charge in [0.15, 0.2) is 0 Å². The van der Waals surface area contributed by atoms with Gasteiger partial charge >= 0.3 is 5.97 Å². The number of fused-ring (bicyclic) bond motifs is 1. The van der Waals surface area contributed by atoms with Crippen molar-refractivity contribution in [1.82, 2.24) is 4.98 Å². The molecule has 84 valence electrons. The number of hydrogen-bond donors (Lipinski definition) is 3. The Bertz CT molecular complexity index is 545. The molecule has 0 aliphatic carbocycles. The summed E-state index contributed by atoms with van der Waals surface area (Å²) in [5.74, 6) is -0.235. The van der Waals surface area contributed by atoms with Crippen molar-refractivity contribution in [3.05, 3.63) is 23.9 Å². The molecule has 0 unspecified atom stereocenters. The first kappa shape index (κ1) is 10.4. The summed E-state index contributed by atoms with van der Waals surface area (Å²) < 4.78 is 5.18. The summed E-state index contributed by atoms with van der Waals surface area (Å²) in [6.45, 7) is 0. The van der Waals surface area contributed by atoms with Crippen molar-refractivity contribution in [2.75, 3.05) is 12.8 Å². The Balaban J connectivity index is 2.55. The SMILES string of the molecule is COc1cc(N)cc2[nH]c(CC(=O)O)cc12. The van der Waals surface area contributed by atoms with Gasteiger partial charge in [-0.15, -0.1) is 0 Å². The molecule has 0 spiro atoms. The minimum atomic E-state index is -0.876. The van der Waals surface area contributed by atoms with Gasteiger partial charge in [0.1, 0.15) is 5.75 Å². The van der Waals surface area contributed by atoms with Crippen molar-refractivity contribution in [2.24, 2.45) is 0 Å².